The number of nitrogens with zero attached hydrogens (tertiary/aromatic N) is 4. The highest BCUT2D eigenvalue weighted by molar-refractivity contribution is 7.21. The monoisotopic (exact) mass is 498 g/mol. The van der Waals surface area contributed by atoms with Crippen molar-refractivity contribution in [3.63, 3.8) is 0 Å². The number of nitrogens with one attached hydrogen (secondary N) is 2. The van der Waals surface area contributed by atoms with E-state index < -0.39 is 23.9 Å². The molecule has 10 heteroatoms. The summed E-state index contributed by atoms with van der Waals surface area (Å²) >= 11 is 1.56. The lowest BCUT2D eigenvalue weighted by molar-refractivity contribution is -0.0132. The Morgan fingerprint density at radius 1 is 1.09 bits per heavy atom. The van der Waals surface area contributed by atoms with Gasteiger partial charge in [0, 0.05) is 12.7 Å². The van der Waals surface area contributed by atoms with Crippen molar-refractivity contribution in [2.24, 2.45) is 11.8 Å². The summed E-state index contributed by atoms with van der Waals surface area (Å²) in [4.78, 5) is 18.7. The molecule has 0 amide bonds. The normalized spacial score (nSPS) is 24.8. The molecule has 9 nitrogen and oxygen atoms in total. The van der Waals surface area contributed by atoms with E-state index in [2.05, 4.69) is 15.6 Å². The van der Waals surface area contributed by atoms with Crippen molar-refractivity contribution in [3.05, 3.63) is 23.7 Å². The smallest absolute Gasteiger partial charge is 0.224 e. The van der Waals surface area contributed by atoms with Gasteiger partial charge in [0.15, 0.2) is 0 Å². The van der Waals surface area contributed by atoms with Crippen LogP contribution in [0.25, 0.3) is 20.8 Å². The number of pyridine rings is 1. The minimum atomic E-state index is -0.977. The van der Waals surface area contributed by atoms with E-state index in [4.69, 9.17) is 15.0 Å². The van der Waals surface area contributed by atoms with Crippen LogP contribution in [-0.4, -0.2) is 65.7 Å². The van der Waals surface area contributed by atoms with Crippen molar-refractivity contribution in [1.82, 2.24) is 19.9 Å². The van der Waals surface area contributed by atoms with E-state index >= 15 is 0 Å². The third-order valence-corrected chi connectivity index (χ3v) is 7.96. The van der Waals surface area contributed by atoms with Crippen molar-refractivity contribution >= 4 is 33.3 Å². The summed E-state index contributed by atoms with van der Waals surface area (Å²) in [6.45, 7) is 8.17. The number of aromatic nitrogens is 4. The first-order valence-corrected chi connectivity index (χ1v) is 13.1. The van der Waals surface area contributed by atoms with Crippen LogP contribution in [0.2, 0.25) is 0 Å². The van der Waals surface area contributed by atoms with E-state index in [1.807, 2.05) is 19.9 Å². The standard InChI is InChI=1S/C25H34N6O3S/c1-12-18(23-30-19-13(2)26-8-7-17(19)35-23)22(31-24(28-12)27-11-14-5-6-14)29-16-9-15(10-25(3,4)34)20(32)21(16)33/h7-8,14-16,20-21,32-34H,5-6,9-11H2,1-4H3,(H2,27,28,29,31)/t15-,16-,20-,21+/m1/s1. The summed E-state index contributed by atoms with van der Waals surface area (Å²) in [5.74, 6) is 1.57. The van der Waals surface area contributed by atoms with Crippen LogP contribution < -0.4 is 10.6 Å². The van der Waals surface area contributed by atoms with E-state index in [9.17, 15) is 15.3 Å². The van der Waals surface area contributed by atoms with E-state index in [0.717, 1.165) is 38.7 Å². The average molecular weight is 499 g/mol. The van der Waals surface area contributed by atoms with Gasteiger partial charge < -0.3 is 26.0 Å². The minimum absolute atomic E-state index is 0.225. The fourth-order valence-corrected chi connectivity index (χ4v) is 6.06. The molecule has 0 spiro atoms. The molecule has 0 radical (unpaired) electrons. The number of anilines is 2. The topological polar surface area (TPSA) is 136 Å². The predicted molar refractivity (Wildman–Crippen MR) is 138 cm³/mol. The van der Waals surface area contributed by atoms with Gasteiger partial charge >= 0.3 is 0 Å². The number of aryl methyl sites for hydroxylation is 2. The minimum Gasteiger partial charge on any atom is -0.390 e. The molecule has 0 saturated heterocycles. The maximum absolute atomic E-state index is 10.8. The zero-order valence-electron chi connectivity index (χ0n) is 20.6. The number of aliphatic hydroxyl groups is 3. The van der Waals surface area contributed by atoms with Crippen molar-refractivity contribution in [3.8, 4) is 10.6 Å². The Kier molecular flexibility index (Phi) is 6.41. The maximum Gasteiger partial charge on any atom is 0.224 e. The number of thiazole rings is 1. The third-order valence-electron chi connectivity index (χ3n) is 6.93. The van der Waals surface area contributed by atoms with Crippen molar-refractivity contribution in [2.75, 3.05) is 17.2 Å². The first-order chi connectivity index (χ1) is 16.6. The first kappa shape index (κ1) is 24.3. The lowest BCUT2D eigenvalue weighted by Crippen LogP contribution is -2.36. The van der Waals surface area contributed by atoms with Crippen molar-refractivity contribution in [1.29, 1.82) is 0 Å². The molecular formula is C25H34N6O3S. The zero-order chi connectivity index (χ0) is 24.9. The van der Waals surface area contributed by atoms with Crippen LogP contribution >= 0.6 is 11.3 Å². The van der Waals surface area contributed by atoms with Gasteiger partial charge in [-0.05, 0) is 71.3 Å². The Bertz CT molecular complexity index is 1220. The van der Waals surface area contributed by atoms with E-state index in [1.54, 1.807) is 31.4 Å². The Hall–Kier alpha value is -2.40. The van der Waals surface area contributed by atoms with Crippen LogP contribution in [0.3, 0.4) is 0 Å². The molecule has 3 heterocycles. The fourth-order valence-electron chi connectivity index (χ4n) is 4.95. The average Bonchev–Trinajstić information content (AvgIpc) is 3.45. The second kappa shape index (κ2) is 9.24. The van der Waals surface area contributed by atoms with Crippen LogP contribution in [0, 0.1) is 25.7 Å². The van der Waals surface area contributed by atoms with Crippen LogP contribution in [0.15, 0.2) is 12.3 Å². The summed E-state index contributed by atoms with van der Waals surface area (Å²) in [6, 6.07) is 1.54. The van der Waals surface area contributed by atoms with Gasteiger partial charge in [-0.1, -0.05) is 0 Å². The van der Waals surface area contributed by atoms with Crippen molar-refractivity contribution < 1.29 is 15.3 Å². The molecule has 3 aromatic rings. The van der Waals surface area contributed by atoms with E-state index in [1.165, 1.54) is 12.8 Å². The van der Waals surface area contributed by atoms with Gasteiger partial charge in [-0.3, -0.25) is 4.98 Å². The largest absolute Gasteiger partial charge is 0.390 e. The number of fused-ring (bicyclic) bond motifs is 1. The third kappa shape index (κ3) is 5.25. The van der Waals surface area contributed by atoms with Gasteiger partial charge in [-0.25, -0.2) is 9.97 Å². The molecular weight excluding hydrogens is 464 g/mol. The van der Waals surface area contributed by atoms with Gasteiger partial charge in [0.25, 0.3) is 0 Å². The lowest BCUT2D eigenvalue weighted by Gasteiger charge is -2.24. The molecule has 0 aromatic carbocycles. The first-order valence-electron chi connectivity index (χ1n) is 12.3. The molecule has 0 unspecified atom stereocenters. The van der Waals surface area contributed by atoms with E-state index in [0.29, 0.717) is 30.5 Å². The molecule has 5 N–H and O–H groups in total. The second-order valence-corrected chi connectivity index (χ2v) is 11.7. The lowest BCUT2D eigenvalue weighted by atomic mass is 9.91. The number of rotatable bonds is 8. The molecule has 4 atom stereocenters. The van der Waals surface area contributed by atoms with Gasteiger partial charge in [0.1, 0.15) is 22.4 Å². The molecule has 35 heavy (non-hydrogen) atoms. The fraction of sp³-hybridized carbons (Fsp3) is 0.600. The Balaban J connectivity index is 1.50. The summed E-state index contributed by atoms with van der Waals surface area (Å²) in [5, 5.41) is 39.3. The molecule has 2 saturated carbocycles. The number of hydrogen-bond donors (Lipinski definition) is 5. The maximum atomic E-state index is 10.8. The molecule has 2 aliphatic rings. The number of aliphatic hydroxyl groups excluding tert-OH is 2. The van der Waals surface area contributed by atoms with Gasteiger partial charge in [0.2, 0.25) is 5.95 Å². The summed E-state index contributed by atoms with van der Waals surface area (Å²) < 4.78 is 1.04. The van der Waals surface area contributed by atoms with Crippen molar-refractivity contribution in [2.45, 2.75) is 77.2 Å². The van der Waals surface area contributed by atoms with Crippen LogP contribution in [0.4, 0.5) is 11.8 Å². The highest BCUT2D eigenvalue weighted by atomic mass is 32.1. The quantitative estimate of drug-likeness (QED) is 0.317. The predicted octanol–water partition coefficient (Wildman–Crippen LogP) is 3.27. The Morgan fingerprint density at radius 2 is 1.86 bits per heavy atom. The molecule has 2 fully saturated rings. The van der Waals surface area contributed by atoms with Crippen LogP contribution in [0.5, 0.6) is 0 Å². The molecule has 0 bridgehead atoms. The Morgan fingerprint density at radius 3 is 2.54 bits per heavy atom. The van der Waals surface area contributed by atoms with E-state index in [-0.39, 0.29) is 5.92 Å². The summed E-state index contributed by atoms with van der Waals surface area (Å²) in [7, 11) is 0. The molecule has 0 aliphatic heterocycles. The second-order valence-electron chi connectivity index (χ2n) is 10.7. The summed E-state index contributed by atoms with van der Waals surface area (Å²) in [5.41, 5.74) is 2.37. The van der Waals surface area contributed by atoms with Gasteiger partial charge in [0.05, 0.1) is 39.4 Å². The Labute approximate surface area is 209 Å². The molecule has 188 valence electrons. The highest BCUT2D eigenvalue weighted by Gasteiger charge is 2.43. The molecule has 3 aromatic heterocycles. The highest BCUT2D eigenvalue weighted by Crippen LogP contribution is 2.40. The molecule has 2 aliphatic carbocycles. The van der Waals surface area contributed by atoms with Gasteiger partial charge in [-0.15, -0.1) is 11.3 Å². The number of hydrogen-bond acceptors (Lipinski definition) is 10. The van der Waals surface area contributed by atoms with Crippen LogP contribution in [-0.2, 0) is 0 Å². The van der Waals surface area contributed by atoms with Crippen LogP contribution in [0.1, 0.15) is 50.9 Å². The summed E-state index contributed by atoms with van der Waals surface area (Å²) in [6.07, 6.45) is 3.25. The SMILES string of the molecule is Cc1nc(NCC2CC2)nc(N[C@@H]2C[C@H](CC(C)(C)O)[C@@H](O)[C@H]2O)c1-c1nc2c(C)nccc2s1. The molecule has 5 rings (SSSR count). The zero-order valence-corrected chi connectivity index (χ0v) is 21.4. The van der Waals surface area contributed by atoms with Gasteiger partial charge in [-0.2, -0.15) is 4.98 Å².